The molecule has 0 aliphatic heterocycles. The number of carboxylic acids is 1. The maximum Gasteiger partial charge on any atom is 0.482 e. The highest BCUT2D eigenvalue weighted by Gasteiger charge is 2.27. The fourth-order valence-electron chi connectivity index (χ4n) is 3.45. The van der Waals surface area contributed by atoms with Gasteiger partial charge in [0.05, 0.1) is 10.8 Å². The number of halogens is 3. The van der Waals surface area contributed by atoms with Crippen LogP contribution in [0, 0.1) is 11.8 Å². The van der Waals surface area contributed by atoms with Crippen molar-refractivity contribution >= 4 is 28.9 Å². The molecule has 156 valence electrons. The number of thiophene rings is 1. The number of hydrogen-bond acceptors (Lipinski definition) is 4. The highest BCUT2D eigenvalue weighted by atomic mass is 32.1. The SMILES string of the molecule is O=C(NCC1CCC(C(=O)O)CC1)c1cc(-c2ccc(NC(F)(F)F)cc2)cs1. The third-order valence-corrected chi connectivity index (χ3v) is 6.00. The number of hydrogen-bond donors (Lipinski definition) is 3. The molecular weight excluding hydrogens is 405 g/mol. The van der Waals surface area contributed by atoms with Crippen molar-refractivity contribution in [3.8, 4) is 11.1 Å². The van der Waals surface area contributed by atoms with Crippen molar-refractivity contribution < 1.29 is 27.9 Å². The van der Waals surface area contributed by atoms with E-state index in [1.165, 1.54) is 28.8 Å². The molecule has 0 saturated heterocycles. The van der Waals surface area contributed by atoms with Gasteiger partial charge in [-0.25, -0.2) is 0 Å². The second-order valence-electron chi connectivity index (χ2n) is 7.17. The van der Waals surface area contributed by atoms with E-state index in [2.05, 4.69) is 5.32 Å². The van der Waals surface area contributed by atoms with Gasteiger partial charge in [-0.2, -0.15) is 13.2 Å². The third-order valence-electron chi connectivity index (χ3n) is 5.07. The molecule has 1 aromatic heterocycles. The lowest BCUT2D eigenvalue weighted by atomic mass is 9.82. The Bertz CT molecular complexity index is 857. The monoisotopic (exact) mass is 426 g/mol. The molecule has 0 bridgehead atoms. The molecule has 0 radical (unpaired) electrons. The Balaban J connectivity index is 1.53. The molecule has 3 N–H and O–H groups in total. The fraction of sp³-hybridized carbons (Fsp3) is 0.400. The van der Waals surface area contributed by atoms with Crippen LogP contribution in [0.1, 0.15) is 35.4 Å². The molecule has 1 aliphatic carbocycles. The van der Waals surface area contributed by atoms with Gasteiger partial charge in [-0.15, -0.1) is 11.3 Å². The first-order chi connectivity index (χ1) is 13.7. The molecule has 5 nitrogen and oxygen atoms in total. The highest BCUT2D eigenvalue weighted by Crippen LogP contribution is 2.30. The molecule has 1 saturated carbocycles. The largest absolute Gasteiger partial charge is 0.482 e. The summed E-state index contributed by atoms with van der Waals surface area (Å²) < 4.78 is 37.0. The summed E-state index contributed by atoms with van der Waals surface area (Å²) >= 11 is 1.27. The van der Waals surface area contributed by atoms with E-state index in [0.717, 1.165) is 24.0 Å². The van der Waals surface area contributed by atoms with Crippen molar-refractivity contribution in [2.75, 3.05) is 11.9 Å². The van der Waals surface area contributed by atoms with E-state index >= 15 is 0 Å². The number of benzene rings is 1. The Morgan fingerprint density at radius 2 is 1.72 bits per heavy atom. The van der Waals surface area contributed by atoms with E-state index in [1.54, 1.807) is 23.6 Å². The van der Waals surface area contributed by atoms with Gasteiger partial charge >= 0.3 is 12.3 Å². The molecule has 1 amide bonds. The molecular formula is C20H21F3N2O3S. The summed E-state index contributed by atoms with van der Waals surface area (Å²) in [6.45, 7) is 0.510. The number of carbonyl (C=O) groups is 2. The Morgan fingerprint density at radius 3 is 2.31 bits per heavy atom. The van der Waals surface area contributed by atoms with Crippen molar-refractivity contribution in [1.82, 2.24) is 5.32 Å². The number of carboxylic acid groups (broad SMARTS) is 1. The minimum absolute atomic E-state index is 0.0490. The van der Waals surface area contributed by atoms with Crippen LogP contribution >= 0.6 is 11.3 Å². The number of rotatable bonds is 6. The molecule has 9 heteroatoms. The van der Waals surface area contributed by atoms with Crippen LogP contribution in [-0.4, -0.2) is 29.8 Å². The van der Waals surface area contributed by atoms with Crippen molar-refractivity contribution in [1.29, 1.82) is 0 Å². The molecule has 3 rings (SSSR count). The summed E-state index contributed by atoms with van der Waals surface area (Å²) in [5, 5.41) is 15.2. The summed E-state index contributed by atoms with van der Waals surface area (Å²) in [6, 6.07) is 7.53. The molecule has 0 spiro atoms. The van der Waals surface area contributed by atoms with Crippen molar-refractivity contribution in [3.63, 3.8) is 0 Å². The number of amides is 1. The Morgan fingerprint density at radius 1 is 1.07 bits per heavy atom. The maximum absolute atomic E-state index is 12.4. The van der Waals surface area contributed by atoms with Crippen molar-refractivity contribution in [2.24, 2.45) is 11.8 Å². The average molecular weight is 426 g/mol. The number of aliphatic carboxylic acids is 1. The average Bonchev–Trinajstić information content (AvgIpc) is 3.16. The van der Waals surface area contributed by atoms with E-state index < -0.39 is 12.3 Å². The van der Waals surface area contributed by atoms with E-state index in [4.69, 9.17) is 5.11 Å². The zero-order valence-corrected chi connectivity index (χ0v) is 16.3. The molecule has 0 unspecified atom stereocenters. The first-order valence-corrected chi connectivity index (χ1v) is 10.1. The quantitative estimate of drug-likeness (QED) is 0.570. The summed E-state index contributed by atoms with van der Waals surface area (Å²) in [7, 11) is 0. The predicted octanol–water partition coefficient (Wildman–Crippen LogP) is 4.97. The first-order valence-electron chi connectivity index (χ1n) is 9.26. The number of anilines is 1. The minimum Gasteiger partial charge on any atom is -0.481 e. The van der Waals surface area contributed by atoms with Crippen LogP contribution in [-0.2, 0) is 4.79 Å². The van der Waals surface area contributed by atoms with Crippen LogP contribution in [0.25, 0.3) is 11.1 Å². The standard InChI is InChI=1S/C20H21F3N2O3S/c21-20(22,23)25-16-7-5-13(6-8-16)15-9-17(29-11-15)18(26)24-10-12-1-3-14(4-2-12)19(27)28/h5-9,11-12,14,25H,1-4,10H2,(H,24,26)(H,27,28). The number of nitrogens with one attached hydrogen (secondary N) is 2. The minimum atomic E-state index is -4.48. The molecule has 1 heterocycles. The Hall–Kier alpha value is -2.55. The Kier molecular flexibility index (Phi) is 6.46. The van der Waals surface area contributed by atoms with Gasteiger partial charge in [0.15, 0.2) is 0 Å². The molecule has 29 heavy (non-hydrogen) atoms. The van der Waals surface area contributed by atoms with Gasteiger partial charge in [0, 0.05) is 12.2 Å². The maximum atomic E-state index is 12.4. The molecule has 1 aromatic carbocycles. The van der Waals surface area contributed by atoms with E-state index in [9.17, 15) is 22.8 Å². The normalized spacial score (nSPS) is 19.6. The fourth-order valence-corrected chi connectivity index (χ4v) is 4.29. The lowest BCUT2D eigenvalue weighted by Gasteiger charge is -2.26. The Labute approximate surface area is 169 Å². The van der Waals surface area contributed by atoms with Gasteiger partial charge in [0.2, 0.25) is 0 Å². The van der Waals surface area contributed by atoms with E-state index in [0.29, 0.717) is 24.3 Å². The van der Waals surface area contributed by atoms with Crippen LogP contribution in [0.5, 0.6) is 0 Å². The van der Waals surface area contributed by atoms with Crippen LogP contribution in [0.15, 0.2) is 35.7 Å². The van der Waals surface area contributed by atoms with Crippen molar-refractivity contribution in [2.45, 2.75) is 32.0 Å². The van der Waals surface area contributed by atoms with Crippen LogP contribution in [0.4, 0.5) is 18.9 Å². The van der Waals surface area contributed by atoms with Gasteiger partial charge in [-0.05, 0) is 66.3 Å². The lowest BCUT2D eigenvalue weighted by molar-refractivity contribution is -0.143. The predicted molar refractivity (Wildman–Crippen MR) is 105 cm³/mol. The van der Waals surface area contributed by atoms with Gasteiger partial charge in [-0.3, -0.25) is 14.9 Å². The van der Waals surface area contributed by atoms with Crippen molar-refractivity contribution in [3.05, 3.63) is 40.6 Å². The first kappa shape index (κ1) is 21.2. The summed E-state index contributed by atoms with van der Waals surface area (Å²) in [6.07, 6.45) is -1.64. The zero-order chi connectivity index (χ0) is 21.0. The lowest BCUT2D eigenvalue weighted by Crippen LogP contribution is -2.32. The smallest absolute Gasteiger partial charge is 0.481 e. The van der Waals surface area contributed by atoms with Gasteiger partial charge < -0.3 is 10.4 Å². The van der Waals surface area contributed by atoms with Crippen LogP contribution < -0.4 is 10.6 Å². The highest BCUT2D eigenvalue weighted by molar-refractivity contribution is 7.12. The van der Waals surface area contributed by atoms with Crippen LogP contribution in [0.3, 0.4) is 0 Å². The number of carbonyl (C=O) groups excluding carboxylic acids is 1. The molecule has 1 aliphatic rings. The number of alkyl halides is 3. The van der Waals surface area contributed by atoms with E-state index in [1.807, 2.05) is 0 Å². The summed E-state index contributed by atoms with van der Waals surface area (Å²) in [5.41, 5.74) is 1.44. The third kappa shape index (κ3) is 5.96. The topological polar surface area (TPSA) is 78.4 Å². The van der Waals surface area contributed by atoms with Crippen LogP contribution in [0.2, 0.25) is 0 Å². The molecule has 1 fully saturated rings. The van der Waals surface area contributed by atoms with E-state index in [-0.39, 0.29) is 23.4 Å². The van der Waals surface area contributed by atoms with Gasteiger partial charge in [0.25, 0.3) is 5.91 Å². The second kappa shape index (κ2) is 8.86. The summed E-state index contributed by atoms with van der Waals surface area (Å²) in [5.74, 6) is -0.944. The zero-order valence-electron chi connectivity index (χ0n) is 15.5. The van der Waals surface area contributed by atoms with Gasteiger partial charge in [-0.1, -0.05) is 12.1 Å². The second-order valence-corrected chi connectivity index (χ2v) is 8.08. The summed E-state index contributed by atoms with van der Waals surface area (Å²) in [4.78, 5) is 23.9. The molecule has 2 aromatic rings. The van der Waals surface area contributed by atoms with Gasteiger partial charge in [0.1, 0.15) is 0 Å². The molecule has 0 atom stereocenters.